The molecule has 0 fully saturated rings. The Morgan fingerprint density at radius 1 is 1.44 bits per heavy atom. The molecular weight excluding hydrogens is 232 g/mol. The van der Waals surface area contributed by atoms with Gasteiger partial charge in [-0.2, -0.15) is 10.2 Å². The minimum absolute atomic E-state index is 0.0527. The van der Waals surface area contributed by atoms with Gasteiger partial charge in [-0.25, -0.2) is 14.8 Å². The Morgan fingerprint density at radius 2 is 2.22 bits per heavy atom. The molecule has 0 bridgehead atoms. The average molecular weight is 248 g/mol. The van der Waals surface area contributed by atoms with E-state index in [1.54, 1.807) is 23.8 Å². The molecule has 2 aliphatic rings. The van der Waals surface area contributed by atoms with Crippen LogP contribution in [0.3, 0.4) is 0 Å². The van der Waals surface area contributed by atoms with Crippen molar-refractivity contribution in [2.75, 3.05) is 6.54 Å². The predicted octanol–water partition coefficient (Wildman–Crippen LogP) is 1.29. The molecule has 0 radical (unpaired) electrons. The molecule has 0 saturated heterocycles. The van der Waals surface area contributed by atoms with E-state index in [1.807, 2.05) is 32.9 Å². The van der Waals surface area contributed by atoms with Crippen molar-refractivity contribution >= 4 is 18.5 Å². The second-order valence-corrected chi connectivity index (χ2v) is 4.90. The SMILES string of the molecule is CC(C)(C)OC(=O)CN1N=CC2=CC=CN=CN21. The minimum Gasteiger partial charge on any atom is -0.459 e. The topological polar surface area (TPSA) is 57.5 Å². The molecule has 0 aliphatic carbocycles. The molecule has 6 heteroatoms. The van der Waals surface area contributed by atoms with Gasteiger partial charge < -0.3 is 4.74 Å². The molecule has 18 heavy (non-hydrogen) atoms. The Labute approximate surface area is 106 Å². The number of hydrogen-bond acceptors (Lipinski definition) is 6. The third kappa shape index (κ3) is 2.97. The van der Waals surface area contributed by atoms with E-state index in [0.29, 0.717) is 0 Å². The van der Waals surface area contributed by atoms with Crippen LogP contribution in [0.2, 0.25) is 0 Å². The highest BCUT2D eigenvalue weighted by atomic mass is 16.6. The van der Waals surface area contributed by atoms with Gasteiger partial charge in [0.2, 0.25) is 0 Å². The second-order valence-electron chi connectivity index (χ2n) is 4.90. The number of allylic oxidation sites excluding steroid dienone is 3. The van der Waals surface area contributed by atoms with Crippen molar-refractivity contribution in [2.24, 2.45) is 10.1 Å². The van der Waals surface area contributed by atoms with E-state index in [4.69, 9.17) is 4.74 Å². The van der Waals surface area contributed by atoms with Gasteiger partial charge in [-0.1, -0.05) is 0 Å². The third-order valence-electron chi connectivity index (χ3n) is 2.14. The Morgan fingerprint density at radius 3 is 2.94 bits per heavy atom. The van der Waals surface area contributed by atoms with Crippen molar-refractivity contribution < 1.29 is 9.53 Å². The van der Waals surface area contributed by atoms with Crippen LogP contribution in [-0.4, -0.2) is 40.8 Å². The maximum atomic E-state index is 11.7. The standard InChI is InChI=1S/C12H16N4O2/c1-12(2,3)18-11(17)8-16-14-7-10-5-4-6-13-9-15(10)16/h4-7,9H,8H2,1-3H3. The molecule has 2 aliphatic heterocycles. The van der Waals surface area contributed by atoms with Crippen molar-refractivity contribution in [2.45, 2.75) is 26.4 Å². The van der Waals surface area contributed by atoms with E-state index >= 15 is 0 Å². The highest BCUT2D eigenvalue weighted by molar-refractivity contribution is 5.85. The summed E-state index contributed by atoms with van der Waals surface area (Å²) >= 11 is 0. The first kappa shape index (κ1) is 12.3. The molecule has 6 nitrogen and oxygen atoms in total. The first-order valence-corrected chi connectivity index (χ1v) is 5.68. The lowest BCUT2D eigenvalue weighted by Gasteiger charge is -2.26. The van der Waals surface area contributed by atoms with Crippen LogP contribution in [0.15, 0.2) is 34.1 Å². The molecule has 0 aromatic carbocycles. The first-order valence-electron chi connectivity index (χ1n) is 5.68. The quantitative estimate of drug-likeness (QED) is 0.691. The minimum atomic E-state index is -0.492. The number of hydrazine groups is 1. The van der Waals surface area contributed by atoms with Gasteiger partial charge in [-0.3, -0.25) is 0 Å². The number of ether oxygens (including phenoxy) is 1. The van der Waals surface area contributed by atoms with Gasteiger partial charge in [0, 0.05) is 6.20 Å². The fraction of sp³-hybridized carbons (Fsp3) is 0.417. The summed E-state index contributed by atoms with van der Waals surface area (Å²) < 4.78 is 5.25. The van der Waals surface area contributed by atoms with Crippen LogP contribution < -0.4 is 0 Å². The van der Waals surface area contributed by atoms with Gasteiger partial charge in [0.15, 0.2) is 6.54 Å². The number of fused-ring (bicyclic) bond motifs is 1. The molecule has 0 spiro atoms. The maximum absolute atomic E-state index is 11.7. The lowest BCUT2D eigenvalue weighted by Crippen LogP contribution is -2.39. The highest BCUT2D eigenvalue weighted by Crippen LogP contribution is 2.16. The Bertz CT molecular complexity index is 457. The number of carbonyl (C=O) groups excluding carboxylic acids is 1. The summed E-state index contributed by atoms with van der Waals surface area (Å²) in [7, 11) is 0. The summed E-state index contributed by atoms with van der Waals surface area (Å²) in [6.07, 6.45) is 8.63. The van der Waals surface area contributed by atoms with Gasteiger partial charge in [0.05, 0.1) is 11.9 Å². The van der Waals surface area contributed by atoms with Crippen molar-refractivity contribution in [1.29, 1.82) is 0 Å². The summed E-state index contributed by atoms with van der Waals surface area (Å²) in [5.41, 5.74) is 0.365. The second kappa shape index (κ2) is 4.64. The van der Waals surface area contributed by atoms with Crippen molar-refractivity contribution in [3.63, 3.8) is 0 Å². The van der Waals surface area contributed by atoms with Gasteiger partial charge in [-0.15, -0.1) is 0 Å². The van der Waals surface area contributed by atoms with E-state index in [0.717, 1.165) is 5.70 Å². The Kier molecular flexibility index (Phi) is 3.18. The highest BCUT2D eigenvalue weighted by Gasteiger charge is 2.25. The van der Waals surface area contributed by atoms with Crippen molar-refractivity contribution in [1.82, 2.24) is 10.1 Å². The van der Waals surface area contributed by atoms with Crippen molar-refractivity contribution in [3.8, 4) is 0 Å². The Balaban J connectivity index is 2.00. The average Bonchev–Trinajstić information content (AvgIpc) is 2.47. The fourth-order valence-electron chi connectivity index (χ4n) is 1.52. The first-order chi connectivity index (χ1) is 8.46. The smallest absolute Gasteiger partial charge is 0.330 e. The zero-order chi connectivity index (χ0) is 13.2. The Hall–Kier alpha value is -2.11. The molecule has 96 valence electrons. The van der Waals surface area contributed by atoms with E-state index in [1.165, 1.54) is 5.12 Å². The molecule has 2 rings (SSSR count). The van der Waals surface area contributed by atoms with E-state index in [2.05, 4.69) is 10.1 Å². The van der Waals surface area contributed by atoms with Crippen molar-refractivity contribution in [3.05, 3.63) is 24.0 Å². The summed E-state index contributed by atoms with van der Waals surface area (Å²) in [6.45, 7) is 5.56. The van der Waals surface area contributed by atoms with Gasteiger partial charge in [-0.05, 0) is 32.9 Å². The van der Waals surface area contributed by atoms with Crippen LogP contribution in [0.5, 0.6) is 0 Å². The maximum Gasteiger partial charge on any atom is 0.330 e. The molecule has 0 unspecified atom stereocenters. The fourth-order valence-corrected chi connectivity index (χ4v) is 1.52. The molecule has 0 saturated carbocycles. The number of aliphatic imine (C=N–C) groups is 1. The van der Waals surface area contributed by atoms with Gasteiger partial charge in [0.25, 0.3) is 0 Å². The van der Waals surface area contributed by atoms with Gasteiger partial charge >= 0.3 is 5.97 Å². The molecule has 0 aromatic heterocycles. The third-order valence-corrected chi connectivity index (χ3v) is 2.14. The zero-order valence-corrected chi connectivity index (χ0v) is 10.7. The summed E-state index contributed by atoms with van der Waals surface area (Å²) in [6, 6.07) is 0. The van der Waals surface area contributed by atoms with Crippen LogP contribution in [0.4, 0.5) is 0 Å². The van der Waals surface area contributed by atoms with Crippen LogP contribution in [0.25, 0.3) is 0 Å². The summed E-state index contributed by atoms with van der Waals surface area (Å²) in [5, 5.41) is 7.34. The van der Waals surface area contributed by atoms with Crippen LogP contribution in [0.1, 0.15) is 20.8 Å². The predicted molar refractivity (Wildman–Crippen MR) is 68.6 cm³/mol. The number of nitrogens with zero attached hydrogens (tertiary/aromatic N) is 4. The summed E-state index contributed by atoms with van der Waals surface area (Å²) in [4.78, 5) is 15.8. The summed E-state index contributed by atoms with van der Waals surface area (Å²) in [5.74, 6) is -0.327. The molecule has 0 aromatic rings. The van der Waals surface area contributed by atoms with Crippen LogP contribution >= 0.6 is 0 Å². The number of hydrogen-bond donors (Lipinski definition) is 0. The molecule has 0 atom stereocenters. The van der Waals surface area contributed by atoms with Crippen LogP contribution in [-0.2, 0) is 9.53 Å². The normalized spacial score (nSPS) is 17.6. The number of esters is 1. The molecular formula is C12H16N4O2. The number of carbonyl (C=O) groups is 1. The number of rotatable bonds is 2. The zero-order valence-electron chi connectivity index (χ0n) is 10.7. The van der Waals surface area contributed by atoms with E-state index in [-0.39, 0.29) is 12.5 Å². The van der Waals surface area contributed by atoms with E-state index in [9.17, 15) is 4.79 Å². The number of hydrazone groups is 1. The monoisotopic (exact) mass is 248 g/mol. The molecule has 0 N–H and O–H groups in total. The molecule has 2 heterocycles. The van der Waals surface area contributed by atoms with Crippen LogP contribution in [0, 0.1) is 0 Å². The van der Waals surface area contributed by atoms with Gasteiger partial charge in [0.1, 0.15) is 11.9 Å². The largest absolute Gasteiger partial charge is 0.459 e. The molecule has 0 amide bonds. The lowest BCUT2D eigenvalue weighted by atomic mass is 10.2. The lowest BCUT2D eigenvalue weighted by molar-refractivity contribution is -0.158. The van der Waals surface area contributed by atoms with E-state index < -0.39 is 5.60 Å².